The summed E-state index contributed by atoms with van der Waals surface area (Å²) in [6, 6.07) is 1.27. The van der Waals surface area contributed by atoms with Crippen LogP contribution in [0.5, 0.6) is 0 Å². The standard InChI is InChI=1S/C5H2ClNO3S2/c6-3-1-2-4(11-3)5(8)7-12(2,9)10/h1H,(H,7,8). The van der Waals surface area contributed by atoms with Crippen molar-refractivity contribution in [1.29, 1.82) is 0 Å². The summed E-state index contributed by atoms with van der Waals surface area (Å²) in [7, 11) is -3.61. The molecule has 0 spiro atoms. The van der Waals surface area contributed by atoms with Crippen molar-refractivity contribution in [3.8, 4) is 0 Å². The molecule has 0 fully saturated rings. The Morgan fingerprint density at radius 2 is 2.17 bits per heavy atom. The van der Waals surface area contributed by atoms with E-state index in [4.69, 9.17) is 11.6 Å². The Bertz CT molecular complexity index is 461. The summed E-state index contributed by atoms with van der Waals surface area (Å²) in [5, 5.41) is 0. The van der Waals surface area contributed by atoms with Gasteiger partial charge in [0.1, 0.15) is 9.77 Å². The van der Waals surface area contributed by atoms with Gasteiger partial charge in [0.2, 0.25) is 0 Å². The van der Waals surface area contributed by atoms with Gasteiger partial charge in [0.05, 0.1) is 4.34 Å². The number of halogens is 1. The minimum absolute atomic E-state index is 0.0116. The molecule has 12 heavy (non-hydrogen) atoms. The highest BCUT2D eigenvalue weighted by Gasteiger charge is 2.34. The van der Waals surface area contributed by atoms with Crippen molar-refractivity contribution in [3.05, 3.63) is 15.3 Å². The van der Waals surface area contributed by atoms with Gasteiger partial charge in [-0.3, -0.25) is 4.79 Å². The first-order valence-electron chi connectivity index (χ1n) is 2.87. The molecule has 1 aliphatic heterocycles. The number of hydrogen-bond acceptors (Lipinski definition) is 4. The molecule has 0 aliphatic carbocycles. The smallest absolute Gasteiger partial charge is 0.267 e. The van der Waals surface area contributed by atoms with E-state index in [1.165, 1.54) is 6.07 Å². The quantitative estimate of drug-likeness (QED) is 0.709. The van der Waals surface area contributed by atoms with E-state index < -0.39 is 15.9 Å². The first kappa shape index (κ1) is 8.03. The van der Waals surface area contributed by atoms with E-state index in [0.29, 0.717) is 4.34 Å². The van der Waals surface area contributed by atoms with E-state index in [0.717, 1.165) is 11.3 Å². The second kappa shape index (κ2) is 2.21. The third kappa shape index (κ3) is 0.954. The third-order valence-corrected chi connectivity index (χ3v) is 4.14. The highest BCUT2D eigenvalue weighted by atomic mass is 35.5. The van der Waals surface area contributed by atoms with Crippen LogP contribution in [0, 0.1) is 0 Å². The van der Waals surface area contributed by atoms with Crippen LogP contribution in [0.15, 0.2) is 11.0 Å². The largest absolute Gasteiger partial charge is 0.276 e. The summed E-state index contributed by atoms with van der Waals surface area (Å²) in [6.07, 6.45) is 0. The molecular weight excluding hydrogens is 222 g/mol. The number of thiophene rings is 1. The van der Waals surface area contributed by atoms with Gasteiger partial charge in [0.25, 0.3) is 15.9 Å². The highest BCUT2D eigenvalue weighted by Crippen LogP contribution is 2.33. The number of amides is 1. The molecule has 0 saturated heterocycles. The Morgan fingerprint density at radius 3 is 2.75 bits per heavy atom. The summed E-state index contributed by atoms with van der Waals surface area (Å²) >= 11 is 6.51. The molecule has 7 heteroatoms. The molecule has 1 aliphatic rings. The van der Waals surface area contributed by atoms with Gasteiger partial charge in [-0.25, -0.2) is 13.1 Å². The SMILES string of the molecule is O=C1NS(=O)(=O)c2cc(Cl)sc21. The molecule has 1 N–H and O–H groups in total. The lowest BCUT2D eigenvalue weighted by molar-refractivity contribution is 0.0989. The van der Waals surface area contributed by atoms with Crippen LogP contribution in [-0.2, 0) is 10.0 Å². The summed E-state index contributed by atoms with van der Waals surface area (Å²) in [5.41, 5.74) is 0. The Morgan fingerprint density at radius 1 is 1.50 bits per heavy atom. The van der Waals surface area contributed by atoms with Gasteiger partial charge in [-0.1, -0.05) is 11.6 Å². The maximum Gasteiger partial charge on any atom is 0.276 e. The van der Waals surface area contributed by atoms with Gasteiger partial charge in [-0.15, -0.1) is 11.3 Å². The molecule has 0 unspecified atom stereocenters. The molecule has 0 bridgehead atoms. The van der Waals surface area contributed by atoms with Crippen LogP contribution in [0.2, 0.25) is 4.34 Å². The van der Waals surface area contributed by atoms with Gasteiger partial charge in [-0.2, -0.15) is 0 Å². The van der Waals surface area contributed by atoms with Gasteiger partial charge >= 0.3 is 0 Å². The van der Waals surface area contributed by atoms with Gasteiger partial charge in [-0.05, 0) is 6.07 Å². The molecule has 4 nitrogen and oxygen atoms in total. The predicted molar refractivity (Wildman–Crippen MR) is 44.0 cm³/mol. The Balaban J connectivity index is 2.81. The third-order valence-electron chi connectivity index (χ3n) is 1.39. The Kier molecular flexibility index (Phi) is 1.48. The van der Waals surface area contributed by atoms with Crippen molar-refractivity contribution in [2.75, 3.05) is 0 Å². The zero-order valence-corrected chi connectivity index (χ0v) is 7.89. The number of sulfonamides is 1. The molecule has 2 rings (SSSR count). The Hall–Kier alpha value is -0.590. The number of nitrogens with one attached hydrogen (secondary N) is 1. The van der Waals surface area contributed by atoms with Crippen molar-refractivity contribution in [2.45, 2.75) is 4.90 Å². The Labute approximate surface area is 77.2 Å². The van der Waals surface area contributed by atoms with Crippen LogP contribution >= 0.6 is 22.9 Å². The zero-order valence-electron chi connectivity index (χ0n) is 5.50. The molecule has 64 valence electrons. The highest BCUT2D eigenvalue weighted by molar-refractivity contribution is 7.91. The summed E-state index contributed by atoms with van der Waals surface area (Å²) in [4.78, 5) is 11.1. The normalized spacial score (nSPS) is 18.9. The maximum absolute atomic E-state index is 11.1. The second-order valence-electron chi connectivity index (χ2n) is 2.18. The molecule has 2 heterocycles. The first-order valence-corrected chi connectivity index (χ1v) is 5.55. The number of fused-ring (bicyclic) bond motifs is 1. The average molecular weight is 224 g/mol. The van der Waals surface area contributed by atoms with E-state index in [9.17, 15) is 13.2 Å². The number of carbonyl (C=O) groups excluding carboxylic acids is 1. The van der Waals surface area contributed by atoms with Crippen LogP contribution in [0.1, 0.15) is 9.67 Å². The topological polar surface area (TPSA) is 63.2 Å². The molecule has 0 radical (unpaired) electrons. The lowest BCUT2D eigenvalue weighted by atomic mass is 10.5. The van der Waals surface area contributed by atoms with E-state index in [1.54, 1.807) is 0 Å². The van der Waals surface area contributed by atoms with Crippen molar-refractivity contribution in [2.24, 2.45) is 0 Å². The van der Waals surface area contributed by atoms with Crippen LogP contribution < -0.4 is 4.72 Å². The minimum Gasteiger partial charge on any atom is -0.267 e. The maximum atomic E-state index is 11.1. The number of rotatable bonds is 0. The van der Waals surface area contributed by atoms with E-state index >= 15 is 0 Å². The first-order chi connectivity index (χ1) is 5.50. The molecular formula is C5H2ClNO3S2. The summed E-state index contributed by atoms with van der Waals surface area (Å²) in [5.74, 6) is -0.595. The fourth-order valence-corrected chi connectivity index (χ4v) is 3.67. The molecule has 1 aromatic rings. The molecule has 1 aromatic heterocycles. The zero-order chi connectivity index (χ0) is 8.93. The van der Waals surface area contributed by atoms with E-state index in [1.807, 2.05) is 4.72 Å². The number of hydrogen-bond donors (Lipinski definition) is 1. The molecule has 0 aromatic carbocycles. The summed E-state index contributed by atoms with van der Waals surface area (Å²) in [6.45, 7) is 0. The molecule has 0 saturated carbocycles. The fourth-order valence-electron chi connectivity index (χ4n) is 0.927. The molecule has 0 atom stereocenters. The van der Waals surface area contributed by atoms with Crippen LogP contribution in [-0.4, -0.2) is 14.3 Å². The van der Waals surface area contributed by atoms with Gasteiger partial charge < -0.3 is 0 Å². The van der Waals surface area contributed by atoms with Crippen LogP contribution in [0.4, 0.5) is 0 Å². The van der Waals surface area contributed by atoms with Crippen LogP contribution in [0.25, 0.3) is 0 Å². The predicted octanol–water partition coefficient (Wildman–Crippen LogP) is 0.834. The van der Waals surface area contributed by atoms with E-state index in [-0.39, 0.29) is 9.77 Å². The second-order valence-corrected chi connectivity index (χ2v) is 5.51. The monoisotopic (exact) mass is 223 g/mol. The fraction of sp³-hybridized carbons (Fsp3) is 0. The van der Waals surface area contributed by atoms with Gasteiger partial charge in [0, 0.05) is 0 Å². The lowest BCUT2D eigenvalue weighted by Crippen LogP contribution is -2.20. The average Bonchev–Trinajstić information content (AvgIpc) is 2.37. The van der Waals surface area contributed by atoms with Crippen molar-refractivity contribution in [1.82, 2.24) is 4.72 Å². The minimum atomic E-state index is -3.61. The van der Waals surface area contributed by atoms with Crippen molar-refractivity contribution in [3.63, 3.8) is 0 Å². The number of carbonyl (C=O) groups is 1. The van der Waals surface area contributed by atoms with E-state index in [2.05, 4.69) is 0 Å². The van der Waals surface area contributed by atoms with Gasteiger partial charge in [0.15, 0.2) is 0 Å². The van der Waals surface area contributed by atoms with Crippen molar-refractivity contribution < 1.29 is 13.2 Å². The molecule has 1 amide bonds. The lowest BCUT2D eigenvalue weighted by Gasteiger charge is -1.90. The van der Waals surface area contributed by atoms with Crippen LogP contribution in [0.3, 0.4) is 0 Å². The van der Waals surface area contributed by atoms with Crippen molar-refractivity contribution >= 4 is 38.9 Å². The summed E-state index contributed by atoms with van der Waals surface area (Å²) < 4.78 is 24.3.